The lowest BCUT2D eigenvalue weighted by atomic mass is 9.93. The van der Waals surface area contributed by atoms with E-state index in [-0.39, 0.29) is 24.3 Å². The molecule has 0 bridgehead atoms. The molecule has 0 aliphatic carbocycles. The summed E-state index contributed by atoms with van der Waals surface area (Å²) in [7, 11) is 1.37. The Morgan fingerprint density at radius 3 is 2.76 bits per heavy atom. The highest BCUT2D eigenvalue weighted by Crippen LogP contribution is 2.42. The van der Waals surface area contributed by atoms with Crippen molar-refractivity contribution in [2.75, 3.05) is 13.7 Å². The molecular formula is C22H23FO5S. The van der Waals surface area contributed by atoms with E-state index >= 15 is 0 Å². The van der Waals surface area contributed by atoms with Crippen molar-refractivity contribution in [3.63, 3.8) is 0 Å². The second-order valence-electron chi connectivity index (χ2n) is 7.30. The van der Waals surface area contributed by atoms with E-state index in [2.05, 4.69) is 6.07 Å². The molecule has 154 valence electrons. The van der Waals surface area contributed by atoms with Crippen molar-refractivity contribution in [3.8, 4) is 11.5 Å². The predicted molar refractivity (Wildman–Crippen MR) is 109 cm³/mol. The molecule has 0 radical (unpaired) electrons. The van der Waals surface area contributed by atoms with Gasteiger partial charge in [0.15, 0.2) is 11.5 Å². The number of phenolic OH excluding ortho intramolecular Hbond substituents is 1. The highest BCUT2D eigenvalue weighted by atomic mass is 32.1. The lowest BCUT2D eigenvalue weighted by molar-refractivity contribution is -0.114. The summed E-state index contributed by atoms with van der Waals surface area (Å²) in [6.07, 6.45) is -0.997. The van der Waals surface area contributed by atoms with Crippen LogP contribution in [0.3, 0.4) is 0 Å². The minimum absolute atomic E-state index is 0.00114. The van der Waals surface area contributed by atoms with Gasteiger partial charge in [-0.2, -0.15) is 4.39 Å². The van der Waals surface area contributed by atoms with Crippen LogP contribution in [0.15, 0.2) is 36.4 Å². The van der Waals surface area contributed by atoms with E-state index < -0.39 is 29.9 Å². The van der Waals surface area contributed by atoms with Gasteiger partial charge in [0.1, 0.15) is 0 Å². The summed E-state index contributed by atoms with van der Waals surface area (Å²) in [6.45, 7) is -0.248. The first-order valence-corrected chi connectivity index (χ1v) is 10.3. The van der Waals surface area contributed by atoms with Crippen molar-refractivity contribution >= 4 is 21.4 Å². The Morgan fingerprint density at radius 2 is 2.03 bits per heavy atom. The molecule has 3 aromatic rings. The second kappa shape index (κ2) is 8.28. The lowest BCUT2D eigenvalue weighted by Crippen LogP contribution is -2.33. The standard InChI is InChI=1S/C22H23FO5S/c1-27-22-13(7-16-6-12-4-2-3-5-19(12)29-16)8-17(21(26)20(22)23)18-10-14(25)9-15(11-24)28-18/h2-6,8,14-15,18,24-26H,7,9-11H2,1H3. The van der Waals surface area contributed by atoms with E-state index in [4.69, 9.17) is 9.47 Å². The van der Waals surface area contributed by atoms with Crippen molar-refractivity contribution in [2.45, 2.75) is 37.6 Å². The van der Waals surface area contributed by atoms with Crippen molar-refractivity contribution in [1.82, 2.24) is 0 Å². The Labute approximate surface area is 171 Å². The average Bonchev–Trinajstić information content (AvgIpc) is 3.12. The van der Waals surface area contributed by atoms with Crippen LogP contribution in [0.25, 0.3) is 10.1 Å². The highest BCUT2D eigenvalue weighted by Gasteiger charge is 2.33. The number of aliphatic hydroxyl groups is 2. The first-order valence-electron chi connectivity index (χ1n) is 9.50. The molecule has 0 spiro atoms. The van der Waals surface area contributed by atoms with Crippen molar-refractivity contribution in [1.29, 1.82) is 0 Å². The molecule has 5 nitrogen and oxygen atoms in total. The number of benzene rings is 2. The summed E-state index contributed by atoms with van der Waals surface area (Å²) < 4.78 is 27.1. The molecule has 3 N–H and O–H groups in total. The number of thiophene rings is 1. The number of halogens is 1. The van der Waals surface area contributed by atoms with Crippen LogP contribution in [0.1, 0.15) is 34.9 Å². The molecule has 3 atom stereocenters. The number of hydrogen-bond donors (Lipinski definition) is 3. The summed E-state index contributed by atoms with van der Waals surface area (Å²) in [5, 5.41) is 31.1. The van der Waals surface area contributed by atoms with E-state index in [0.717, 1.165) is 15.0 Å². The molecule has 2 heterocycles. The van der Waals surface area contributed by atoms with Gasteiger partial charge in [0.25, 0.3) is 0 Å². The maximum Gasteiger partial charge on any atom is 0.207 e. The number of fused-ring (bicyclic) bond motifs is 1. The SMILES string of the molecule is COc1c(Cc2cc3ccccc3s2)cc(C2CC(O)CC(CO)O2)c(O)c1F. The van der Waals surface area contributed by atoms with Crippen LogP contribution in [0, 0.1) is 5.82 Å². The molecule has 1 aliphatic heterocycles. The zero-order valence-electron chi connectivity index (χ0n) is 16.0. The van der Waals surface area contributed by atoms with Gasteiger partial charge in [0, 0.05) is 40.0 Å². The summed E-state index contributed by atoms with van der Waals surface area (Å²) in [5.41, 5.74) is 0.852. The minimum atomic E-state index is -0.842. The topological polar surface area (TPSA) is 79.2 Å². The Hall–Kier alpha value is -2.19. The molecule has 1 aliphatic rings. The molecule has 3 unspecified atom stereocenters. The van der Waals surface area contributed by atoms with Gasteiger partial charge in [0.2, 0.25) is 5.82 Å². The number of methoxy groups -OCH3 is 1. The van der Waals surface area contributed by atoms with Crippen molar-refractivity contribution < 1.29 is 29.2 Å². The molecule has 2 aromatic carbocycles. The molecule has 0 saturated carbocycles. The first-order chi connectivity index (χ1) is 14.0. The molecule has 1 saturated heterocycles. The van der Waals surface area contributed by atoms with Crippen LogP contribution in [0.4, 0.5) is 4.39 Å². The van der Waals surface area contributed by atoms with Crippen LogP contribution in [0.2, 0.25) is 0 Å². The number of aliphatic hydroxyl groups excluding tert-OH is 2. The minimum Gasteiger partial charge on any atom is -0.504 e. The smallest absolute Gasteiger partial charge is 0.207 e. The monoisotopic (exact) mass is 418 g/mol. The zero-order valence-corrected chi connectivity index (χ0v) is 16.8. The third kappa shape index (κ3) is 3.96. The molecule has 7 heteroatoms. The van der Waals surface area contributed by atoms with E-state index in [1.165, 1.54) is 7.11 Å². The largest absolute Gasteiger partial charge is 0.504 e. The number of phenols is 1. The first kappa shape index (κ1) is 20.1. The van der Waals surface area contributed by atoms with E-state index in [1.54, 1.807) is 17.4 Å². The van der Waals surface area contributed by atoms with Crippen molar-refractivity contribution in [2.24, 2.45) is 0 Å². The van der Waals surface area contributed by atoms with Gasteiger partial charge in [-0.05, 0) is 23.6 Å². The van der Waals surface area contributed by atoms with Gasteiger partial charge in [-0.1, -0.05) is 18.2 Å². The Kier molecular flexibility index (Phi) is 5.74. The number of aromatic hydroxyl groups is 1. The van der Waals surface area contributed by atoms with Gasteiger partial charge in [-0.25, -0.2) is 0 Å². The Balaban J connectivity index is 1.73. The molecule has 4 rings (SSSR count). The normalized spacial score (nSPS) is 22.1. The van der Waals surface area contributed by atoms with Gasteiger partial charge in [-0.3, -0.25) is 0 Å². The third-order valence-electron chi connectivity index (χ3n) is 5.28. The molecule has 29 heavy (non-hydrogen) atoms. The van der Waals surface area contributed by atoms with E-state index in [0.29, 0.717) is 18.4 Å². The van der Waals surface area contributed by atoms with Crippen LogP contribution in [0.5, 0.6) is 11.5 Å². The van der Waals surface area contributed by atoms with Crippen molar-refractivity contribution in [3.05, 3.63) is 58.2 Å². The summed E-state index contributed by atoms with van der Waals surface area (Å²) >= 11 is 1.62. The summed E-state index contributed by atoms with van der Waals surface area (Å²) in [4.78, 5) is 1.04. The number of rotatable bonds is 5. The predicted octanol–water partition coefficient (Wildman–Crippen LogP) is 3.92. The fraction of sp³-hybridized carbons (Fsp3) is 0.364. The van der Waals surface area contributed by atoms with Gasteiger partial charge in [-0.15, -0.1) is 11.3 Å². The fourth-order valence-electron chi connectivity index (χ4n) is 3.91. The molecule has 0 amide bonds. The maximum atomic E-state index is 14.9. The van der Waals surface area contributed by atoms with Crippen LogP contribution in [-0.2, 0) is 11.2 Å². The highest BCUT2D eigenvalue weighted by molar-refractivity contribution is 7.19. The zero-order chi connectivity index (χ0) is 20.5. The van der Waals surface area contributed by atoms with Crippen LogP contribution in [-0.4, -0.2) is 41.2 Å². The van der Waals surface area contributed by atoms with Gasteiger partial charge >= 0.3 is 0 Å². The van der Waals surface area contributed by atoms with Crippen LogP contribution >= 0.6 is 11.3 Å². The second-order valence-corrected chi connectivity index (χ2v) is 8.47. The molecule has 1 aromatic heterocycles. The lowest BCUT2D eigenvalue weighted by Gasteiger charge is -2.33. The van der Waals surface area contributed by atoms with Crippen LogP contribution < -0.4 is 4.74 Å². The quantitative estimate of drug-likeness (QED) is 0.585. The fourth-order valence-corrected chi connectivity index (χ4v) is 5.00. The number of ether oxygens (including phenoxy) is 2. The molecule has 1 fully saturated rings. The Morgan fingerprint density at radius 1 is 1.24 bits per heavy atom. The summed E-state index contributed by atoms with van der Waals surface area (Å²) in [6, 6.07) is 11.8. The summed E-state index contributed by atoms with van der Waals surface area (Å²) in [5.74, 6) is -1.39. The number of hydrogen-bond acceptors (Lipinski definition) is 6. The Bertz CT molecular complexity index is 985. The molecular weight excluding hydrogens is 395 g/mol. The average molecular weight is 418 g/mol. The van der Waals surface area contributed by atoms with Gasteiger partial charge < -0.3 is 24.8 Å². The maximum absolute atomic E-state index is 14.9. The van der Waals surface area contributed by atoms with E-state index in [9.17, 15) is 19.7 Å². The third-order valence-corrected chi connectivity index (χ3v) is 6.39. The van der Waals surface area contributed by atoms with E-state index in [1.807, 2.05) is 24.3 Å². The van der Waals surface area contributed by atoms with Gasteiger partial charge in [0.05, 0.1) is 32.0 Å².